The van der Waals surface area contributed by atoms with Crippen molar-refractivity contribution < 1.29 is 23.9 Å². The van der Waals surface area contributed by atoms with Crippen LogP contribution in [0.2, 0.25) is 0 Å². The van der Waals surface area contributed by atoms with Gasteiger partial charge < -0.3 is 9.47 Å². The minimum Gasteiger partial charge on any atom is -0.481 e. The first-order valence-electron chi connectivity index (χ1n) is 6.57. The van der Waals surface area contributed by atoms with Gasteiger partial charge in [0.1, 0.15) is 11.3 Å². The highest BCUT2D eigenvalue weighted by atomic mass is 32.1. The maximum absolute atomic E-state index is 12.2. The average Bonchev–Trinajstić information content (AvgIpc) is 2.55. The number of rotatable bonds is 4. The number of para-hydroxylation sites is 1. The molecule has 1 fully saturated rings. The number of hydrogen-bond acceptors (Lipinski definition) is 6. The Kier molecular flexibility index (Phi) is 5.07. The molecule has 1 aromatic carbocycles. The van der Waals surface area contributed by atoms with E-state index in [1.165, 1.54) is 25.1 Å². The molecule has 0 saturated carbocycles. The number of methoxy groups -OCH3 is 1. The highest BCUT2D eigenvalue weighted by Gasteiger charge is 2.30. The topological polar surface area (TPSA) is 84.9 Å². The van der Waals surface area contributed by atoms with Gasteiger partial charge in [-0.05, 0) is 24.4 Å². The fraction of sp³-hybridized carbons (Fsp3) is 0.200. The summed E-state index contributed by atoms with van der Waals surface area (Å²) in [6.45, 7) is -0.277. The van der Waals surface area contributed by atoms with Crippen LogP contribution >= 0.6 is 12.2 Å². The van der Waals surface area contributed by atoms with Crippen LogP contribution in [0.3, 0.4) is 0 Å². The maximum Gasteiger partial charge on any atom is 0.343 e. The molecule has 1 N–H and O–H groups in total. The second-order valence-corrected chi connectivity index (χ2v) is 4.97. The van der Waals surface area contributed by atoms with Crippen LogP contribution in [0.5, 0.6) is 5.75 Å². The van der Waals surface area contributed by atoms with E-state index in [-0.39, 0.29) is 17.3 Å². The summed E-state index contributed by atoms with van der Waals surface area (Å²) in [5, 5.41) is 2.47. The normalized spacial score (nSPS) is 16.3. The summed E-state index contributed by atoms with van der Waals surface area (Å²) in [7, 11) is 2.72. The van der Waals surface area contributed by atoms with Gasteiger partial charge in [0.2, 0.25) is 0 Å². The summed E-state index contributed by atoms with van der Waals surface area (Å²) in [5.74, 6) is -1.28. The Labute approximate surface area is 137 Å². The molecular formula is C15H14N2O5S. The molecule has 0 aliphatic carbocycles. The number of benzene rings is 1. The number of ether oxygens (including phenoxy) is 2. The third-order valence-electron chi connectivity index (χ3n) is 3.10. The molecule has 0 aromatic heterocycles. The van der Waals surface area contributed by atoms with E-state index < -0.39 is 17.8 Å². The van der Waals surface area contributed by atoms with Crippen LogP contribution in [0.1, 0.15) is 5.56 Å². The van der Waals surface area contributed by atoms with Gasteiger partial charge in [-0.25, -0.2) is 4.79 Å². The largest absolute Gasteiger partial charge is 0.481 e. The number of likely N-dealkylation sites (N-methyl/N-ethyl adjacent to an activating group) is 1. The highest BCUT2D eigenvalue weighted by Crippen LogP contribution is 2.22. The number of nitrogens with zero attached hydrogens (tertiary/aromatic N) is 1. The van der Waals surface area contributed by atoms with Crippen molar-refractivity contribution in [3.05, 3.63) is 35.4 Å². The highest BCUT2D eigenvalue weighted by molar-refractivity contribution is 7.80. The number of esters is 1. The fourth-order valence-corrected chi connectivity index (χ4v) is 2.00. The summed E-state index contributed by atoms with van der Waals surface area (Å²) in [5.41, 5.74) is 0.409. The minimum absolute atomic E-state index is 0.0485. The van der Waals surface area contributed by atoms with Crippen LogP contribution in [0.15, 0.2) is 29.8 Å². The van der Waals surface area contributed by atoms with Crippen LogP contribution in [-0.4, -0.2) is 48.6 Å². The summed E-state index contributed by atoms with van der Waals surface area (Å²) < 4.78 is 9.85. The van der Waals surface area contributed by atoms with E-state index in [1.807, 2.05) is 0 Å². The Morgan fingerprint density at radius 3 is 2.74 bits per heavy atom. The number of carbonyl (C=O) groups excluding carboxylic acids is 3. The van der Waals surface area contributed by atoms with Crippen LogP contribution < -0.4 is 10.1 Å². The van der Waals surface area contributed by atoms with E-state index >= 15 is 0 Å². The first-order valence-corrected chi connectivity index (χ1v) is 6.98. The van der Waals surface area contributed by atoms with E-state index in [0.29, 0.717) is 11.3 Å². The standard InChI is InChI=1S/C15H14N2O5S/c1-17-14(20)10(13(19)16-15(17)23)7-9-5-3-4-6-11(9)22-8-12(18)21-2/h3-7H,8H2,1-2H3,(H,16,19,23)/b10-7+. The smallest absolute Gasteiger partial charge is 0.343 e. The van der Waals surface area contributed by atoms with Crippen molar-refractivity contribution in [3.8, 4) is 5.75 Å². The zero-order valence-electron chi connectivity index (χ0n) is 12.5. The average molecular weight is 334 g/mol. The molecule has 1 aromatic rings. The quantitative estimate of drug-likeness (QED) is 0.373. The van der Waals surface area contributed by atoms with Gasteiger partial charge >= 0.3 is 5.97 Å². The second kappa shape index (κ2) is 7.01. The molecule has 1 aliphatic heterocycles. The van der Waals surface area contributed by atoms with Crippen LogP contribution in [0.25, 0.3) is 6.08 Å². The Hall–Kier alpha value is -2.74. The lowest BCUT2D eigenvalue weighted by molar-refractivity contribution is -0.143. The van der Waals surface area contributed by atoms with Gasteiger partial charge in [0.25, 0.3) is 11.8 Å². The molecule has 0 bridgehead atoms. The number of hydrogen-bond donors (Lipinski definition) is 1. The van der Waals surface area contributed by atoms with Crippen molar-refractivity contribution in [2.45, 2.75) is 0 Å². The molecular weight excluding hydrogens is 320 g/mol. The monoisotopic (exact) mass is 334 g/mol. The van der Waals surface area contributed by atoms with Crippen LogP contribution in [-0.2, 0) is 19.1 Å². The van der Waals surface area contributed by atoms with Crippen molar-refractivity contribution in [3.63, 3.8) is 0 Å². The lowest BCUT2D eigenvalue weighted by Crippen LogP contribution is -2.52. The molecule has 2 amide bonds. The number of amides is 2. The molecule has 0 radical (unpaired) electrons. The molecule has 0 unspecified atom stereocenters. The number of carbonyl (C=O) groups is 3. The molecule has 2 rings (SSSR count). The molecule has 23 heavy (non-hydrogen) atoms. The van der Waals surface area contributed by atoms with Crippen LogP contribution in [0.4, 0.5) is 0 Å². The van der Waals surface area contributed by atoms with Gasteiger partial charge in [-0.1, -0.05) is 18.2 Å². The number of nitrogens with one attached hydrogen (secondary N) is 1. The molecule has 8 heteroatoms. The first kappa shape index (κ1) is 16.6. The van der Waals surface area contributed by atoms with Gasteiger partial charge in [0.05, 0.1) is 7.11 Å². The summed E-state index contributed by atoms with van der Waals surface area (Å²) in [4.78, 5) is 36.5. The van der Waals surface area contributed by atoms with E-state index in [2.05, 4.69) is 10.1 Å². The zero-order valence-corrected chi connectivity index (χ0v) is 13.3. The van der Waals surface area contributed by atoms with E-state index in [1.54, 1.807) is 24.3 Å². The summed E-state index contributed by atoms with van der Waals surface area (Å²) in [6, 6.07) is 6.71. The lowest BCUT2D eigenvalue weighted by atomic mass is 10.1. The Morgan fingerprint density at radius 2 is 2.04 bits per heavy atom. The fourth-order valence-electron chi connectivity index (χ4n) is 1.83. The molecule has 0 atom stereocenters. The molecule has 1 aliphatic rings. The predicted molar refractivity (Wildman–Crippen MR) is 85.4 cm³/mol. The molecule has 1 heterocycles. The third-order valence-corrected chi connectivity index (χ3v) is 3.47. The predicted octanol–water partition coefficient (Wildman–Crippen LogP) is 0.495. The van der Waals surface area contributed by atoms with Gasteiger partial charge in [-0.3, -0.25) is 19.8 Å². The van der Waals surface area contributed by atoms with Gasteiger partial charge in [-0.15, -0.1) is 0 Å². The van der Waals surface area contributed by atoms with Gasteiger partial charge in [-0.2, -0.15) is 0 Å². The summed E-state index contributed by atoms with van der Waals surface area (Å²) >= 11 is 4.88. The van der Waals surface area contributed by atoms with Gasteiger partial charge in [0, 0.05) is 12.6 Å². The van der Waals surface area contributed by atoms with E-state index in [9.17, 15) is 14.4 Å². The van der Waals surface area contributed by atoms with Crippen molar-refractivity contribution in [1.29, 1.82) is 0 Å². The molecule has 7 nitrogen and oxygen atoms in total. The van der Waals surface area contributed by atoms with Crippen molar-refractivity contribution >= 4 is 41.2 Å². The number of thiocarbonyl (C=S) groups is 1. The Morgan fingerprint density at radius 1 is 1.35 bits per heavy atom. The van der Waals surface area contributed by atoms with E-state index in [4.69, 9.17) is 17.0 Å². The Bertz CT molecular complexity index is 714. The molecule has 120 valence electrons. The van der Waals surface area contributed by atoms with Crippen molar-refractivity contribution in [2.75, 3.05) is 20.8 Å². The second-order valence-electron chi connectivity index (χ2n) is 4.58. The van der Waals surface area contributed by atoms with Crippen molar-refractivity contribution in [2.24, 2.45) is 0 Å². The van der Waals surface area contributed by atoms with Gasteiger partial charge in [0.15, 0.2) is 11.7 Å². The lowest BCUT2D eigenvalue weighted by Gasteiger charge is -2.25. The van der Waals surface area contributed by atoms with E-state index in [0.717, 1.165) is 0 Å². The first-order chi connectivity index (χ1) is 10.9. The summed E-state index contributed by atoms with van der Waals surface area (Å²) in [6.07, 6.45) is 1.39. The molecule has 0 spiro atoms. The SMILES string of the molecule is COC(=O)COc1ccccc1/C=C1\C(=O)NC(=S)N(C)C1=O. The zero-order chi connectivity index (χ0) is 17.0. The minimum atomic E-state index is -0.583. The third kappa shape index (κ3) is 3.72. The maximum atomic E-state index is 12.2. The Balaban J connectivity index is 2.31. The van der Waals surface area contributed by atoms with Crippen molar-refractivity contribution in [1.82, 2.24) is 10.2 Å². The molecule has 1 saturated heterocycles. The van der Waals surface area contributed by atoms with Crippen LogP contribution in [0, 0.1) is 0 Å².